The fourth-order valence-corrected chi connectivity index (χ4v) is 12.5. The number of furan rings is 1. The van der Waals surface area contributed by atoms with E-state index in [2.05, 4.69) is 185 Å². The fraction of sp³-hybridized carbons (Fsp3) is 0.102. The van der Waals surface area contributed by atoms with Crippen LogP contribution in [0.1, 0.15) is 49.9 Å². The topological polar surface area (TPSA) is 51.8 Å². The summed E-state index contributed by atoms with van der Waals surface area (Å²) in [5.41, 5.74) is 14.3. The first-order chi connectivity index (χ1) is 31.2. The first-order valence-corrected chi connectivity index (χ1v) is 22.9. The lowest BCUT2D eigenvalue weighted by atomic mass is 9.79. The van der Waals surface area contributed by atoms with Gasteiger partial charge in [0.2, 0.25) is 0 Å². The summed E-state index contributed by atoms with van der Waals surface area (Å²) in [6.07, 6.45) is 0. The third-order valence-electron chi connectivity index (χ3n) is 14.5. The Labute approximate surface area is 373 Å². The molecule has 302 valence electrons. The van der Waals surface area contributed by atoms with Gasteiger partial charge in [0.15, 0.2) is 17.5 Å². The second-order valence-electron chi connectivity index (χ2n) is 18.7. The molecule has 0 radical (unpaired) electrons. The third kappa shape index (κ3) is 4.79. The molecule has 12 aromatic rings. The van der Waals surface area contributed by atoms with Crippen molar-refractivity contribution in [1.29, 1.82) is 0 Å². The van der Waals surface area contributed by atoms with Crippen molar-refractivity contribution in [3.8, 4) is 56.4 Å². The third-order valence-corrected chi connectivity index (χ3v) is 15.6. The first-order valence-electron chi connectivity index (χ1n) is 22.1. The molecule has 0 saturated carbocycles. The van der Waals surface area contributed by atoms with Gasteiger partial charge in [0.1, 0.15) is 11.2 Å². The number of hydrogen-bond donors (Lipinski definition) is 0. The lowest BCUT2D eigenvalue weighted by Crippen LogP contribution is -2.15. The number of hydrogen-bond acceptors (Lipinski definition) is 5. The van der Waals surface area contributed by atoms with E-state index in [0.29, 0.717) is 17.5 Å². The Morgan fingerprint density at radius 1 is 0.422 bits per heavy atom. The first kappa shape index (κ1) is 36.1. The number of aromatic nitrogens is 3. The Balaban J connectivity index is 1.06. The number of thiophene rings is 1. The van der Waals surface area contributed by atoms with Gasteiger partial charge < -0.3 is 4.42 Å². The summed E-state index contributed by atoms with van der Waals surface area (Å²) >= 11 is 1.82. The van der Waals surface area contributed by atoms with Crippen LogP contribution in [0.15, 0.2) is 168 Å². The van der Waals surface area contributed by atoms with Crippen LogP contribution in [-0.4, -0.2) is 15.0 Å². The van der Waals surface area contributed by atoms with Crippen LogP contribution in [0.25, 0.3) is 120 Å². The zero-order valence-corrected chi connectivity index (χ0v) is 36.6. The van der Waals surface area contributed by atoms with Crippen molar-refractivity contribution in [1.82, 2.24) is 15.0 Å². The van der Waals surface area contributed by atoms with Crippen LogP contribution >= 0.6 is 11.3 Å². The zero-order chi connectivity index (χ0) is 42.6. The van der Waals surface area contributed by atoms with Crippen molar-refractivity contribution in [2.45, 2.75) is 38.5 Å². The van der Waals surface area contributed by atoms with Crippen LogP contribution in [0.5, 0.6) is 0 Å². The maximum absolute atomic E-state index is 6.91. The average molecular weight is 838 g/mol. The molecule has 0 spiro atoms. The van der Waals surface area contributed by atoms with Gasteiger partial charge in [-0.25, -0.2) is 15.0 Å². The average Bonchev–Trinajstić information content (AvgIpc) is 4.03. The van der Waals surface area contributed by atoms with E-state index in [4.69, 9.17) is 19.4 Å². The highest BCUT2D eigenvalue weighted by atomic mass is 32.1. The van der Waals surface area contributed by atoms with E-state index in [1.54, 1.807) is 0 Å². The van der Waals surface area contributed by atoms with Crippen LogP contribution < -0.4 is 0 Å². The maximum Gasteiger partial charge on any atom is 0.164 e. The van der Waals surface area contributed by atoms with Crippen molar-refractivity contribution in [3.05, 3.63) is 186 Å². The van der Waals surface area contributed by atoms with E-state index < -0.39 is 0 Å². The second kappa shape index (κ2) is 12.6. The van der Waals surface area contributed by atoms with Gasteiger partial charge in [-0.05, 0) is 103 Å². The highest BCUT2D eigenvalue weighted by molar-refractivity contribution is 7.25. The lowest BCUT2D eigenvalue weighted by molar-refractivity contribution is 0.653. The quantitative estimate of drug-likeness (QED) is 0.166. The molecule has 0 unspecified atom stereocenters. The van der Waals surface area contributed by atoms with E-state index in [1.165, 1.54) is 80.7 Å². The fourth-order valence-electron chi connectivity index (χ4n) is 11.4. The normalized spacial score (nSPS) is 14.5. The minimum atomic E-state index is -0.273. The molecular weight excluding hydrogens is 799 g/mol. The Morgan fingerprint density at radius 3 is 1.86 bits per heavy atom. The van der Waals surface area contributed by atoms with Gasteiger partial charge in [-0.1, -0.05) is 149 Å². The smallest absolute Gasteiger partial charge is 0.164 e. The Morgan fingerprint density at radius 2 is 1.03 bits per heavy atom. The van der Waals surface area contributed by atoms with Crippen LogP contribution in [0.2, 0.25) is 0 Å². The van der Waals surface area contributed by atoms with Crippen molar-refractivity contribution in [3.63, 3.8) is 0 Å². The summed E-state index contributed by atoms with van der Waals surface area (Å²) in [5, 5.41) is 9.41. The van der Waals surface area contributed by atoms with Gasteiger partial charge in [-0.3, -0.25) is 0 Å². The summed E-state index contributed by atoms with van der Waals surface area (Å²) in [4.78, 5) is 16.4. The monoisotopic (exact) mass is 837 g/mol. The van der Waals surface area contributed by atoms with Crippen molar-refractivity contribution in [2.75, 3.05) is 0 Å². The van der Waals surface area contributed by atoms with Crippen molar-refractivity contribution >= 4 is 75.0 Å². The molecule has 0 fully saturated rings. The molecule has 9 aromatic carbocycles. The van der Waals surface area contributed by atoms with Crippen LogP contribution in [0, 0.1) is 0 Å². The summed E-state index contributed by atoms with van der Waals surface area (Å²) in [7, 11) is 0. The summed E-state index contributed by atoms with van der Waals surface area (Å²) in [6.45, 7) is 9.37. The predicted molar refractivity (Wildman–Crippen MR) is 266 cm³/mol. The molecule has 4 nitrogen and oxygen atoms in total. The van der Waals surface area contributed by atoms with Gasteiger partial charge in [0.05, 0.1) is 0 Å². The highest BCUT2D eigenvalue weighted by Crippen LogP contribution is 2.55. The summed E-state index contributed by atoms with van der Waals surface area (Å²) in [6, 6.07) is 59.5. The lowest BCUT2D eigenvalue weighted by Gasteiger charge is -2.24. The van der Waals surface area contributed by atoms with Crippen molar-refractivity contribution in [2.24, 2.45) is 0 Å². The van der Waals surface area contributed by atoms with E-state index in [1.807, 2.05) is 17.4 Å². The van der Waals surface area contributed by atoms with E-state index in [0.717, 1.165) is 44.2 Å². The SMILES string of the molecule is CC1(C)c2ccccc2-c2c1cc(-c1nc(-c3ccc4sc5ccccc5c4c3)nc(-c3ccc4ccc5ccc6c(c5c4c3)C(C)(C)c3ccccc3-6)n1)c1c2oc2ccccc21. The van der Waals surface area contributed by atoms with Gasteiger partial charge in [0.25, 0.3) is 0 Å². The van der Waals surface area contributed by atoms with Gasteiger partial charge in [-0.2, -0.15) is 0 Å². The van der Waals surface area contributed by atoms with Crippen LogP contribution in [-0.2, 0) is 10.8 Å². The molecule has 0 atom stereocenters. The Bertz CT molecular complexity index is 4040. The van der Waals surface area contributed by atoms with Gasteiger partial charge in [-0.15, -0.1) is 11.3 Å². The molecule has 3 heterocycles. The molecule has 64 heavy (non-hydrogen) atoms. The van der Waals surface area contributed by atoms with E-state index in [-0.39, 0.29) is 10.8 Å². The van der Waals surface area contributed by atoms with Gasteiger partial charge >= 0.3 is 0 Å². The summed E-state index contributed by atoms with van der Waals surface area (Å²) < 4.78 is 9.42. The Kier molecular flexibility index (Phi) is 7.09. The van der Waals surface area contributed by atoms with E-state index in [9.17, 15) is 0 Å². The molecule has 0 amide bonds. The van der Waals surface area contributed by atoms with Crippen LogP contribution in [0.3, 0.4) is 0 Å². The van der Waals surface area contributed by atoms with Crippen molar-refractivity contribution < 1.29 is 4.42 Å². The predicted octanol–water partition coefficient (Wildman–Crippen LogP) is 16.1. The standard InChI is InChI=1S/C59H39N3OS/c1-58(2)45-18-10-6-15-39(45)52-46(58)31-43(51-40-16-7-11-19-47(40)63-54(51)52)57-61-55(60-56(62-57)35-26-28-49-42(30-35)37-14-8-12-20-48(37)64-49)34-24-22-32-21-23-33-25-27-38-36-13-5-9-17-44(36)59(3,4)53(38)50(33)41(32)29-34/h5-31H,1-4H3. The molecule has 2 aliphatic carbocycles. The van der Waals surface area contributed by atoms with Crippen LogP contribution in [0.4, 0.5) is 0 Å². The number of benzene rings is 9. The minimum absolute atomic E-state index is 0.173. The minimum Gasteiger partial charge on any atom is -0.455 e. The van der Waals surface area contributed by atoms with E-state index >= 15 is 0 Å². The molecule has 0 N–H and O–H groups in total. The molecule has 5 heteroatoms. The Hall–Kier alpha value is -7.47. The highest BCUT2D eigenvalue weighted by Gasteiger charge is 2.40. The number of rotatable bonds is 3. The summed E-state index contributed by atoms with van der Waals surface area (Å²) in [5.74, 6) is 1.89. The molecular formula is C59H39N3OS. The van der Waals surface area contributed by atoms with Gasteiger partial charge in [0, 0.05) is 64.0 Å². The molecule has 14 rings (SSSR count). The molecule has 3 aromatic heterocycles. The number of para-hydroxylation sites is 1. The molecule has 2 aliphatic rings. The molecule has 0 saturated heterocycles. The zero-order valence-electron chi connectivity index (χ0n) is 35.7. The number of nitrogens with zero attached hydrogens (tertiary/aromatic N) is 3. The number of fused-ring (bicyclic) bond motifs is 17. The molecule has 0 aliphatic heterocycles. The molecule has 0 bridgehead atoms. The second-order valence-corrected chi connectivity index (χ2v) is 19.8. The largest absolute Gasteiger partial charge is 0.455 e. The maximum atomic E-state index is 6.91.